The molecule has 1 saturated heterocycles. The second kappa shape index (κ2) is 8.84. The van der Waals surface area contributed by atoms with E-state index in [1.165, 1.54) is 0 Å². The van der Waals surface area contributed by atoms with Crippen LogP contribution in [0.1, 0.15) is 37.4 Å². The smallest absolute Gasteiger partial charge is 0.356 e. The van der Waals surface area contributed by atoms with Crippen molar-refractivity contribution >= 4 is 17.3 Å². The van der Waals surface area contributed by atoms with E-state index in [1.807, 2.05) is 0 Å². The molecule has 0 radical (unpaired) electrons. The van der Waals surface area contributed by atoms with Crippen molar-refractivity contribution in [1.82, 2.24) is 20.5 Å². The maximum absolute atomic E-state index is 12.5. The van der Waals surface area contributed by atoms with Crippen LogP contribution in [0.4, 0.5) is 13.2 Å². The first kappa shape index (κ1) is 20.0. The Bertz CT molecular complexity index is 562. The SMILES string of the molecule is CN=C(NCCc1nc(C(F)(F)F)cs1)NC1CCN(C(C)C)CC1. The van der Waals surface area contributed by atoms with Crippen LogP contribution in [-0.4, -0.2) is 54.6 Å². The van der Waals surface area contributed by atoms with E-state index in [4.69, 9.17) is 0 Å². The molecule has 1 aromatic heterocycles. The number of hydrogen-bond acceptors (Lipinski definition) is 4. The Morgan fingerprint density at radius 2 is 2.08 bits per heavy atom. The summed E-state index contributed by atoms with van der Waals surface area (Å²) in [7, 11) is 1.70. The maximum atomic E-state index is 12.5. The predicted octanol–water partition coefficient (Wildman–Crippen LogP) is 2.74. The predicted molar refractivity (Wildman–Crippen MR) is 95.0 cm³/mol. The number of aliphatic imine (C=N–C) groups is 1. The number of guanidine groups is 1. The van der Waals surface area contributed by atoms with E-state index in [2.05, 4.69) is 39.4 Å². The Labute approximate surface area is 150 Å². The summed E-state index contributed by atoms with van der Waals surface area (Å²) in [6.07, 6.45) is -1.82. The third-order valence-corrected chi connectivity index (χ3v) is 5.21. The van der Waals surface area contributed by atoms with E-state index >= 15 is 0 Å². The third-order valence-electron chi connectivity index (χ3n) is 4.30. The number of nitrogens with one attached hydrogen (secondary N) is 2. The largest absolute Gasteiger partial charge is 0.434 e. The van der Waals surface area contributed by atoms with E-state index in [1.54, 1.807) is 7.05 Å². The van der Waals surface area contributed by atoms with Gasteiger partial charge in [-0.1, -0.05) is 0 Å². The van der Waals surface area contributed by atoms with Crippen LogP contribution in [0.5, 0.6) is 0 Å². The molecular weight excluding hydrogens is 351 g/mol. The third kappa shape index (κ3) is 6.14. The fourth-order valence-electron chi connectivity index (χ4n) is 2.79. The van der Waals surface area contributed by atoms with Gasteiger partial charge in [-0.2, -0.15) is 13.2 Å². The number of thiazole rings is 1. The number of aromatic nitrogens is 1. The normalized spacial score (nSPS) is 18.0. The fraction of sp³-hybridized carbons (Fsp3) is 0.750. The van der Waals surface area contributed by atoms with Crippen molar-refractivity contribution in [3.05, 3.63) is 16.1 Å². The van der Waals surface area contributed by atoms with Gasteiger partial charge in [0.25, 0.3) is 0 Å². The van der Waals surface area contributed by atoms with Gasteiger partial charge in [-0.25, -0.2) is 4.98 Å². The van der Waals surface area contributed by atoms with Gasteiger partial charge in [-0.15, -0.1) is 11.3 Å². The Kier molecular flexibility index (Phi) is 7.06. The quantitative estimate of drug-likeness (QED) is 0.612. The van der Waals surface area contributed by atoms with Crippen LogP contribution in [0.25, 0.3) is 0 Å². The minimum Gasteiger partial charge on any atom is -0.356 e. The highest BCUT2D eigenvalue weighted by molar-refractivity contribution is 7.09. The van der Waals surface area contributed by atoms with Crippen molar-refractivity contribution in [2.75, 3.05) is 26.7 Å². The van der Waals surface area contributed by atoms with Crippen LogP contribution >= 0.6 is 11.3 Å². The molecule has 2 rings (SSSR count). The summed E-state index contributed by atoms with van der Waals surface area (Å²) in [5.74, 6) is 0.690. The Hall–Kier alpha value is -1.35. The number of alkyl halides is 3. The topological polar surface area (TPSA) is 52.6 Å². The first-order valence-electron chi connectivity index (χ1n) is 8.52. The number of likely N-dealkylation sites (tertiary alicyclic amines) is 1. The molecule has 0 bridgehead atoms. The van der Waals surface area contributed by atoms with Crippen molar-refractivity contribution in [1.29, 1.82) is 0 Å². The second-order valence-electron chi connectivity index (χ2n) is 6.42. The molecule has 142 valence electrons. The molecule has 5 nitrogen and oxygen atoms in total. The first-order valence-corrected chi connectivity index (χ1v) is 9.40. The zero-order valence-electron chi connectivity index (χ0n) is 14.9. The molecule has 0 amide bonds. The van der Waals surface area contributed by atoms with Gasteiger partial charge in [0.05, 0.1) is 5.01 Å². The summed E-state index contributed by atoms with van der Waals surface area (Å²) < 4.78 is 37.6. The maximum Gasteiger partial charge on any atom is 0.434 e. The zero-order valence-corrected chi connectivity index (χ0v) is 15.7. The summed E-state index contributed by atoms with van der Waals surface area (Å²) in [6, 6.07) is 0.941. The van der Waals surface area contributed by atoms with Crippen LogP contribution in [0.3, 0.4) is 0 Å². The van der Waals surface area contributed by atoms with Crippen LogP contribution < -0.4 is 10.6 Å². The molecule has 9 heteroatoms. The standard InChI is InChI=1S/C16H26F3N5S/c1-11(2)24-8-5-12(6-9-24)22-15(20-3)21-7-4-14-23-13(10-25-14)16(17,18)19/h10-12H,4-9H2,1-3H3,(H2,20,21,22). The highest BCUT2D eigenvalue weighted by atomic mass is 32.1. The van der Waals surface area contributed by atoms with Crippen LogP contribution in [0.15, 0.2) is 10.4 Å². The number of piperidine rings is 1. The molecule has 1 fully saturated rings. The van der Waals surface area contributed by atoms with E-state index in [0.29, 0.717) is 36.0 Å². The lowest BCUT2D eigenvalue weighted by Crippen LogP contribution is -2.50. The number of nitrogens with zero attached hydrogens (tertiary/aromatic N) is 3. The zero-order chi connectivity index (χ0) is 18.4. The van der Waals surface area contributed by atoms with Crippen molar-refractivity contribution in [2.24, 2.45) is 4.99 Å². The van der Waals surface area contributed by atoms with Gasteiger partial charge in [0.15, 0.2) is 11.7 Å². The van der Waals surface area contributed by atoms with Gasteiger partial charge in [-0.3, -0.25) is 4.99 Å². The summed E-state index contributed by atoms with van der Waals surface area (Å²) in [4.78, 5) is 10.3. The molecule has 0 spiro atoms. The summed E-state index contributed by atoms with van der Waals surface area (Å²) >= 11 is 1.04. The molecule has 2 N–H and O–H groups in total. The Morgan fingerprint density at radius 1 is 1.40 bits per heavy atom. The average Bonchev–Trinajstić information content (AvgIpc) is 3.03. The van der Waals surface area contributed by atoms with Crippen molar-refractivity contribution in [3.8, 4) is 0 Å². The molecule has 1 aliphatic heterocycles. The van der Waals surface area contributed by atoms with Crippen LogP contribution in [0, 0.1) is 0 Å². The lowest BCUT2D eigenvalue weighted by molar-refractivity contribution is -0.140. The van der Waals surface area contributed by atoms with Gasteiger partial charge in [0.2, 0.25) is 0 Å². The van der Waals surface area contributed by atoms with E-state index < -0.39 is 11.9 Å². The first-order chi connectivity index (χ1) is 11.8. The minimum atomic E-state index is -4.37. The van der Waals surface area contributed by atoms with Crippen molar-refractivity contribution < 1.29 is 13.2 Å². The Balaban J connectivity index is 1.73. The Morgan fingerprint density at radius 3 is 2.60 bits per heavy atom. The monoisotopic (exact) mass is 377 g/mol. The molecule has 0 unspecified atom stereocenters. The van der Waals surface area contributed by atoms with Gasteiger partial charge in [-0.05, 0) is 26.7 Å². The van der Waals surface area contributed by atoms with Gasteiger partial charge >= 0.3 is 6.18 Å². The molecule has 0 aliphatic carbocycles. The van der Waals surface area contributed by atoms with Gasteiger partial charge in [0.1, 0.15) is 0 Å². The molecular formula is C16H26F3N5S. The van der Waals surface area contributed by atoms with Crippen molar-refractivity contribution in [2.45, 2.75) is 51.4 Å². The lowest BCUT2D eigenvalue weighted by atomic mass is 10.0. The van der Waals surface area contributed by atoms with Crippen molar-refractivity contribution in [3.63, 3.8) is 0 Å². The molecule has 0 saturated carbocycles. The lowest BCUT2D eigenvalue weighted by Gasteiger charge is -2.35. The second-order valence-corrected chi connectivity index (χ2v) is 7.36. The molecule has 1 aliphatic rings. The summed E-state index contributed by atoms with van der Waals surface area (Å²) in [5, 5.41) is 8.09. The molecule has 25 heavy (non-hydrogen) atoms. The number of rotatable bonds is 5. The summed E-state index contributed by atoms with van der Waals surface area (Å²) in [6.45, 7) is 7.03. The minimum absolute atomic E-state index is 0.373. The average molecular weight is 377 g/mol. The van der Waals surface area contributed by atoms with E-state index in [9.17, 15) is 13.2 Å². The van der Waals surface area contributed by atoms with E-state index in [-0.39, 0.29) is 0 Å². The molecule has 0 atom stereocenters. The van der Waals surface area contributed by atoms with Crippen LogP contribution in [0.2, 0.25) is 0 Å². The number of hydrogen-bond donors (Lipinski definition) is 2. The molecule has 1 aromatic rings. The van der Waals surface area contributed by atoms with Gasteiger partial charge in [0, 0.05) is 50.6 Å². The van der Waals surface area contributed by atoms with Crippen LogP contribution in [-0.2, 0) is 12.6 Å². The van der Waals surface area contributed by atoms with Gasteiger partial charge < -0.3 is 15.5 Å². The summed E-state index contributed by atoms with van der Waals surface area (Å²) in [5.41, 5.74) is -0.813. The molecule has 2 heterocycles. The highest BCUT2D eigenvalue weighted by Crippen LogP contribution is 2.29. The number of halogens is 3. The molecule has 0 aromatic carbocycles. The van der Waals surface area contributed by atoms with E-state index in [0.717, 1.165) is 42.6 Å². The highest BCUT2D eigenvalue weighted by Gasteiger charge is 2.33. The fourth-order valence-corrected chi connectivity index (χ4v) is 3.60.